The lowest BCUT2D eigenvalue weighted by molar-refractivity contribution is 0.372. The third-order valence-corrected chi connectivity index (χ3v) is 4.09. The predicted octanol–water partition coefficient (Wildman–Crippen LogP) is 2.26. The Bertz CT molecular complexity index is 633. The van der Waals surface area contributed by atoms with Crippen molar-refractivity contribution in [2.75, 3.05) is 13.6 Å². The highest BCUT2D eigenvalue weighted by atomic mass is 32.1. The molecule has 126 valence electrons. The second kappa shape index (κ2) is 8.61. The zero-order valence-corrected chi connectivity index (χ0v) is 14.9. The monoisotopic (exact) mass is 336 g/mol. The molecule has 0 radical (unpaired) electrons. The van der Waals surface area contributed by atoms with E-state index in [1.165, 1.54) is 0 Å². The van der Waals surface area contributed by atoms with E-state index in [0.717, 1.165) is 36.0 Å². The van der Waals surface area contributed by atoms with Crippen molar-refractivity contribution in [3.05, 3.63) is 27.8 Å². The van der Waals surface area contributed by atoms with Crippen LogP contribution in [0.3, 0.4) is 0 Å². The number of nitrogens with zero attached hydrogens (tertiary/aromatic N) is 4. The van der Waals surface area contributed by atoms with Gasteiger partial charge in [-0.1, -0.05) is 19.0 Å². The van der Waals surface area contributed by atoms with Gasteiger partial charge in [-0.2, -0.15) is 4.98 Å². The van der Waals surface area contributed by atoms with E-state index >= 15 is 0 Å². The number of aryl methyl sites for hydroxylation is 2. The van der Waals surface area contributed by atoms with Crippen LogP contribution < -0.4 is 10.6 Å². The van der Waals surface area contributed by atoms with Crippen LogP contribution in [0.15, 0.2) is 14.9 Å². The topological polar surface area (TPSA) is 88.2 Å². The first-order chi connectivity index (χ1) is 11.1. The van der Waals surface area contributed by atoms with Gasteiger partial charge in [0.05, 0.1) is 12.2 Å². The molecular weight excluding hydrogens is 312 g/mol. The molecule has 0 aliphatic carbocycles. The molecule has 0 aromatic carbocycles. The SMILES string of the molecule is CN=C(NCCCc1nc(C)no1)NCc1nc(C(C)C)cs1. The molecule has 2 heterocycles. The third-order valence-electron chi connectivity index (χ3n) is 3.22. The van der Waals surface area contributed by atoms with Gasteiger partial charge >= 0.3 is 0 Å². The molecule has 23 heavy (non-hydrogen) atoms. The average molecular weight is 336 g/mol. The lowest BCUT2D eigenvalue weighted by atomic mass is 10.2. The lowest BCUT2D eigenvalue weighted by Crippen LogP contribution is -2.37. The number of aromatic nitrogens is 3. The Morgan fingerprint density at radius 2 is 2.17 bits per heavy atom. The fourth-order valence-corrected chi connectivity index (χ4v) is 2.83. The molecule has 0 fully saturated rings. The Kier molecular flexibility index (Phi) is 6.52. The van der Waals surface area contributed by atoms with Gasteiger partial charge in [0.1, 0.15) is 5.01 Å². The van der Waals surface area contributed by atoms with Crippen LogP contribution in [0.4, 0.5) is 0 Å². The van der Waals surface area contributed by atoms with E-state index in [2.05, 4.69) is 50.0 Å². The zero-order valence-electron chi connectivity index (χ0n) is 14.1. The summed E-state index contributed by atoms with van der Waals surface area (Å²) in [6, 6.07) is 0. The van der Waals surface area contributed by atoms with E-state index in [4.69, 9.17) is 4.52 Å². The van der Waals surface area contributed by atoms with E-state index < -0.39 is 0 Å². The third kappa shape index (κ3) is 5.63. The summed E-state index contributed by atoms with van der Waals surface area (Å²) in [5.41, 5.74) is 1.14. The zero-order chi connectivity index (χ0) is 16.7. The van der Waals surface area contributed by atoms with Gasteiger partial charge < -0.3 is 15.2 Å². The van der Waals surface area contributed by atoms with E-state index in [1.54, 1.807) is 18.4 Å². The molecule has 7 nitrogen and oxygen atoms in total. The maximum atomic E-state index is 5.08. The second-order valence-electron chi connectivity index (χ2n) is 5.51. The summed E-state index contributed by atoms with van der Waals surface area (Å²) in [5.74, 6) is 2.59. The molecule has 2 aromatic heterocycles. The average Bonchev–Trinajstić information content (AvgIpc) is 3.15. The minimum Gasteiger partial charge on any atom is -0.356 e. The molecule has 2 N–H and O–H groups in total. The van der Waals surface area contributed by atoms with E-state index in [-0.39, 0.29) is 0 Å². The minimum absolute atomic E-state index is 0.464. The summed E-state index contributed by atoms with van der Waals surface area (Å²) >= 11 is 1.67. The largest absolute Gasteiger partial charge is 0.356 e. The Balaban J connectivity index is 1.68. The highest BCUT2D eigenvalue weighted by Gasteiger charge is 2.06. The number of hydrogen-bond donors (Lipinski definition) is 2. The van der Waals surface area contributed by atoms with Gasteiger partial charge in [0.2, 0.25) is 5.89 Å². The summed E-state index contributed by atoms with van der Waals surface area (Å²) in [4.78, 5) is 13.0. The molecule has 8 heteroatoms. The van der Waals surface area contributed by atoms with Crippen LogP contribution in [-0.4, -0.2) is 34.7 Å². The summed E-state index contributed by atoms with van der Waals surface area (Å²) in [7, 11) is 1.76. The minimum atomic E-state index is 0.464. The number of guanidine groups is 1. The summed E-state index contributed by atoms with van der Waals surface area (Å²) in [6.07, 6.45) is 1.66. The van der Waals surface area contributed by atoms with Crippen LogP contribution >= 0.6 is 11.3 Å². The Hall–Kier alpha value is -1.96. The molecule has 0 aliphatic heterocycles. The normalized spacial score (nSPS) is 12.0. The first kappa shape index (κ1) is 17.4. The van der Waals surface area contributed by atoms with Crippen molar-refractivity contribution in [1.29, 1.82) is 0 Å². The van der Waals surface area contributed by atoms with Gasteiger partial charge in [-0.25, -0.2) is 4.98 Å². The van der Waals surface area contributed by atoms with Crippen molar-refractivity contribution in [1.82, 2.24) is 25.8 Å². The Labute approximate surface area is 140 Å². The van der Waals surface area contributed by atoms with Gasteiger partial charge in [0, 0.05) is 25.4 Å². The molecule has 0 saturated carbocycles. The maximum absolute atomic E-state index is 5.08. The highest BCUT2D eigenvalue weighted by molar-refractivity contribution is 7.09. The van der Waals surface area contributed by atoms with Crippen molar-refractivity contribution < 1.29 is 4.52 Å². The molecular formula is C15H24N6OS. The van der Waals surface area contributed by atoms with Gasteiger partial charge in [-0.15, -0.1) is 11.3 Å². The number of hydrogen-bond acceptors (Lipinski definition) is 6. The Morgan fingerprint density at radius 3 is 2.78 bits per heavy atom. The van der Waals surface area contributed by atoms with Crippen LogP contribution in [-0.2, 0) is 13.0 Å². The fourth-order valence-electron chi connectivity index (χ4n) is 1.94. The van der Waals surface area contributed by atoms with E-state index in [9.17, 15) is 0 Å². The first-order valence-electron chi connectivity index (χ1n) is 7.76. The predicted molar refractivity (Wildman–Crippen MR) is 91.8 cm³/mol. The number of aliphatic imine (C=N–C) groups is 1. The molecule has 0 unspecified atom stereocenters. The van der Waals surface area contributed by atoms with Gasteiger partial charge in [0.15, 0.2) is 11.8 Å². The molecule has 0 atom stereocenters. The van der Waals surface area contributed by atoms with Gasteiger partial charge in [-0.3, -0.25) is 4.99 Å². The fraction of sp³-hybridized carbons (Fsp3) is 0.600. The van der Waals surface area contributed by atoms with E-state index in [0.29, 0.717) is 24.2 Å². The van der Waals surface area contributed by atoms with E-state index in [1.807, 2.05) is 6.92 Å². The van der Waals surface area contributed by atoms with Crippen molar-refractivity contribution in [2.24, 2.45) is 4.99 Å². The van der Waals surface area contributed by atoms with Crippen LogP contribution in [0.25, 0.3) is 0 Å². The van der Waals surface area contributed by atoms with Crippen LogP contribution in [0.5, 0.6) is 0 Å². The van der Waals surface area contributed by atoms with Gasteiger partial charge in [-0.05, 0) is 19.3 Å². The van der Waals surface area contributed by atoms with Gasteiger partial charge in [0.25, 0.3) is 0 Å². The maximum Gasteiger partial charge on any atom is 0.226 e. The highest BCUT2D eigenvalue weighted by Crippen LogP contribution is 2.17. The Morgan fingerprint density at radius 1 is 1.35 bits per heavy atom. The van der Waals surface area contributed by atoms with Crippen LogP contribution in [0.2, 0.25) is 0 Å². The molecule has 0 aliphatic rings. The smallest absolute Gasteiger partial charge is 0.226 e. The summed E-state index contributed by atoms with van der Waals surface area (Å²) in [5, 5.41) is 13.5. The second-order valence-corrected chi connectivity index (χ2v) is 6.45. The molecule has 0 spiro atoms. The molecule has 2 rings (SSSR count). The molecule has 0 saturated heterocycles. The molecule has 2 aromatic rings. The number of rotatable bonds is 7. The van der Waals surface area contributed by atoms with Crippen molar-refractivity contribution in [3.8, 4) is 0 Å². The molecule has 0 bridgehead atoms. The van der Waals surface area contributed by atoms with Crippen LogP contribution in [0.1, 0.15) is 48.6 Å². The quantitative estimate of drug-likeness (QED) is 0.458. The standard InChI is InChI=1S/C15H24N6OS/c1-10(2)12-9-23-14(20-12)8-18-15(16-4)17-7-5-6-13-19-11(3)21-22-13/h9-10H,5-8H2,1-4H3,(H2,16,17,18). The van der Waals surface area contributed by atoms with Crippen molar-refractivity contribution in [2.45, 2.75) is 46.1 Å². The summed E-state index contributed by atoms with van der Waals surface area (Å²) in [6.45, 7) is 7.59. The first-order valence-corrected chi connectivity index (χ1v) is 8.64. The summed E-state index contributed by atoms with van der Waals surface area (Å²) < 4.78 is 5.08. The van der Waals surface area contributed by atoms with Crippen LogP contribution in [0, 0.1) is 6.92 Å². The lowest BCUT2D eigenvalue weighted by Gasteiger charge is -2.10. The number of nitrogens with one attached hydrogen (secondary N) is 2. The molecule has 0 amide bonds. The van der Waals surface area contributed by atoms with Crippen molar-refractivity contribution >= 4 is 17.3 Å². The van der Waals surface area contributed by atoms with Crippen molar-refractivity contribution in [3.63, 3.8) is 0 Å². The number of thiazole rings is 1.